The van der Waals surface area contributed by atoms with E-state index in [0.29, 0.717) is 5.56 Å². The molecule has 164 valence electrons. The van der Waals surface area contributed by atoms with Crippen LogP contribution in [0.3, 0.4) is 0 Å². The molecule has 3 aromatic carbocycles. The molecule has 32 heavy (non-hydrogen) atoms. The molecular weight excluding hydrogens is 412 g/mol. The molecule has 1 aliphatic carbocycles. The summed E-state index contributed by atoms with van der Waals surface area (Å²) in [5, 5.41) is 0. The lowest BCUT2D eigenvalue weighted by Gasteiger charge is -2.36. The predicted molar refractivity (Wildman–Crippen MR) is 132 cm³/mol. The molecule has 0 heterocycles. The zero-order chi connectivity index (χ0) is 22.6. The third kappa shape index (κ3) is 4.99. The SMILES string of the molecule is CC1=CCCCC1C(C)(C)OC(=O)c1cccc([S+](c2ccccc2)c2ccccc2)c1. The summed E-state index contributed by atoms with van der Waals surface area (Å²) >= 11 is 0. The fourth-order valence-corrected chi connectivity index (χ4v) is 6.69. The highest BCUT2D eigenvalue weighted by atomic mass is 32.2. The summed E-state index contributed by atoms with van der Waals surface area (Å²) in [6.07, 6.45) is 5.62. The molecule has 4 rings (SSSR count). The number of allylic oxidation sites excluding steroid dienone is 1. The summed E-state index contributed by atoms with van der Waals surface area (Å²) in [6, 6.07) is 28.9. The van der Waals surface area contributed by atoms with Crippen LogP contribution in [0.5, 0.6) is 0 Å². The van der Waals surface area contributed by atoms with E-state index in [1.165, 1.54) is 15.4 Å². The molecule has 3 aromatic rings. The van der Waals surface area contributed by atoms with Gasteiger partial charge in [0.25, 0.3) is 0 Å². The van der Waals surface area contributed by atoms with E-state index < -0.39 is 5.60 Å². The van der Waals surface area contributed by atoms with Crippen LogP contribution in [-0.2, 0) is 15.6 Å². The van der Waals surface area contributed by atoms with Crippen molar-refractivity contribution in [1.29, 1.82) is 0 Å². The predicted octanol–water partition coefficient (Wildman–Crippen LogP) is 7.46. The van der Waals surface area contributed by atoms with Crippen molar-refractivity contribution in [3.63, 3.8) is 0 Å². The fourth-order valence-electron chi connectivity index (χ4n) is 4.56. The first kappa shape index (κ1) is 22.4. The van der Waals surface area contributed by atoms with Crippen LogP contribution in [0, 0.1) is 5.92 Å². The minimum atomic E-state index is -0.533. The van der Waals surface area contributed by atoms with Crippen molar-refractivity contribution in [2.75, 3.05) is 0 Å². The molecule has 0 aromatic heterocycles. The zero-order valence-electron chi connectivity index (χ0n) is 19.1. The molecule has 0 radical (unpaired) electrons. The number of ether oxygens (including phenoxy) is 1. The van der Waals surface area contributed by atoms with Crippen LogP contribution >= 0.6 is 0 Å². The average molecular weight is 444 g/mol. The molecule has 1 aliphatic rings. The van der Waals surface area contributed by atoms with Crippen LogP contribution in [-0.4, -0.2) is 11.6 Å². The van der Waals surface area contributed by atoms with Gasteiger partial charge < -0.3 is 4.74 Å². The van der Waals surface area contributed by atoms with Gasteiger partial charge in [-0.25, -0.2) is 4.79 Å². The molecule has 3 heteroatoms. The first-order chi connectivity index (χ1) is 15.5. The number of rotatable bonds is 6. The van der Waals surface area contributed by atoms with E-state index in [0.717, 1.165) is 24.2 Å². The molecular formula is C29H31O2S+. The number of esters is 1. The summed E-state index contributed by atoms with van der Waals surface area (Å²) in [5.74, 6) is 0.0199. The summed E-state index contributed by atoms with van der Waals surface area (Å²) in [7, 11) is -0.291. The number of carbonyl (C=O) groups is 1. The Labute approximate surface area is 194 Å². The lowest BCUT2D eigenvalue weighted by molar-refractivity contribution is -0.0250. The Morgan fingerprint density at radius 2 is 1.47 bits per heavy atom. The lowest BCUT2D eigenvalue weighted by atomic mass is 9.78. The maximum absolute atomic E-state index is 13.2. The van der Waals surface area contributed by atoms with Crippen molar-refractivity contribution in [3.8, 4) is 0 Å². The quantitative estimate of drug-likeness (QED) is 0.224. The van der Waals surface area contributed by atoms with E-state index in [4.69, 9.17) is 4.74 Å². The van der Waals surface area contributed by atoms with Crippen molar-refractivity contribution >= 4 is 16.9 Å². The second-order valence-electron chi connectivity index (χ2n) is 8.88. The van der Waals surface area contributed by atoms with Gasteiger partial charge in [0, 0.05) is 12.0 Å². The van der Waals surface area contributed by atoms with Crippen molar-refractivity contribution in [3.05, 3.63) is 102 Å². The van der Waals surface area contributed by atoms with Crippen LogP contribution in [0.15, 0.2) is 111 Å². The van der Waals surface area contributed by atoms with Gasteiger partial charge in [0.05, 0.1) is 16.5 Å². The van der Waals surface area contributed by atoms with E-state index in [2.05, 4.69) is 67.6 Å². The third-order valence-electron chi connectivity index (χ3n) is 6.17. The second kappa shape index (κ2) is 9.79. The van der Waals surface area contributed by atoms with Crippen LogP contribution in [0.25, 0.3) is 0 Å². The minimum absolute atomic E-state index is 0.250. The number of carbonyl (C=O) groups excluding carboxylic acids is 1. The van der Waals surface area contributed by atoms with Gasteiger partial charge in [-0.1, -0.05) is 54.1 Å². The highest BCUT2D eigenvalue weighted by Crippen LogP contribution is 2.37. The molecule has 0 aliphatic heterocycles. The lowest BCUT2D eigenvalue weighted by Crippen LogP contribution is -2.38. The van der Waals surface area contributed by atoms with E-state index in [-0.39, 0.29) is 22.8 Å². The molecule has 1 unspecified atom stereocenters. The molecule has 0 bridgehead atoms. The Morgan fingerprint density at radius 1 is 0.875 bits per heavy atom. The third-order valence-corrected chi connectivity index (χ3v) is 8.38. The largest absolute Gasteiger partial charge is 0.455 e. The van der Waals surface area contributed by atoms with Crippen molar-refractivity contribution in [2.24, 2.45) is 5.92 Å². The summed E-state index contributed by atoms with van der Waals surface area (Å²) in [5.41, 5.74) is 1.41. The second-order valence-corrected chi connectivity index (χ2v) is 10.9. The van der Waals surface area contributed by atoms with Gasteiger partial charge in [0.2, 0.25) is 0 Å². The Hall–Kier alpha value is -2.78. The van der Waals surface area contributed by atoms with Gasteiger partial charge in [-0.15, -0.1) is 0 Å². The Morgan fingerprint density at radius 3 is 2.06 bits per heavy atom. The van der Waals surface area contributed by atoms with Crippen LogP contribution in [0.2, 0.25) is 0 Å². The maximum Gasteiger partial charge on any atom is 0.338 e. The fraction of sp³-hybridized carbons (Fsp3) is 0.276. The highest BCUT2D eigenvalue weighted by molar-refractivity contribution is 7.97. The molecule has 2 nitrogen and oxygen atoms in total. The standard InChI is InChI=1S/C29H31O2S/c1-22-13-10-11-20-27(22)29(2,3)31-28(30)23-14-12-19-26(21-23)32(24-15-6-4-7-16-24)25-17-8-5-9-18-25/h4-9,12-19,21,27H,10-11,20H2,1-3H3/q+1. The van der Waals surface area contributed by atoms with Gasteiger partial charge in [-0.3, -0.25) is 0 Å². The van der Waals surface area contributed by atoms with E-state index in [1.54, 1.807) is 0 Å². The van der Waals surface area contributed by atoms with Crippen LogP contribution in [0.4, 0.5) is 0 Å². The molecule has 0 saturated heterocycles. The molecule has 0 spiro atoms. The Kier molecular flexibility index (Phi) is 6.86. The average Bonchev–Trinajstić information content (AvgIpc) is 2.81. The molecule has 0 fully saturated rings. The van der Waals surface area contributed by atoms with Gasteiger partial charge in [0.15, 0.2) is 14.7 Å². The van der Waals surface area contributed by atoms with Gasteiger partial charge in [0.1, 0.15) is 5.60 Å². The van der Waals surface area contributed by atoms with Crippen molar-refractivity contribution < 1.29 is 9.53 Å². The maximum atomic E-state index is 13.2. The molecule has 1 atom stereocenters. The van der Waals surface area contributed by atoms with Crippen LogP contribution < -0.4 is 0 Å². The summed E-state index contributed by atoms with van der Waals surface area (Å²) < 4.78 is 6.10. The molecule has 0 N–H and O–H groups in total. The summed E-state index contributed by atoms with van der Waals surface area (Å²) in [6.45, 7) is 6.24. The Bertz CT molecular complexity index is 1050. The molecule has 0 amide bonds. The summed E-state index contributed by atoms with van der Waals surface area (Å²) in [4.78, 5) is 16.8. The van der Waals surface area contributed by atoms with Gasteiger partial charge in [-0.2, -0.15) is 0 Å². The van der Waals surface area contributed by atoms with Gasteiger partial charge >= 0.3 is 5.97 Å². The monoisotopic (exact) mass is 443 g/mol. The number of hydrogen-bond acceptors (Lipinski definition) is 2. The van der Waals surface area contributed by atoms with E-state index in [1.807, 2.05) is 44.2 Å². The Balaban J connectivity index is 1.64. The topological polar surface area (TPSA) is 26.3 Å². The minimum Gasteiger partial charge on any atom is -0.455 e. The zero-order valence-corrected chi connectivity index (χ0v) is 19.9. The van der Waals surface area contributed by atoms with E-state index in [9.17, 15) is 4.79 Å². The van der Waals surface area contributed by atoms with Crippen LogP contribution in [0.1, 0.15) is 50.4 Å². The van der Waals surface area contributed by atoms with Crippen molar-refractivity contribution in [2.45, 2.75) is 60.3 Å². The molecule has 0 saturated carbocycles. The first-order valence-electron chi connectivity index (χ1n) is 11.3. The highest BCUT2D eigenvalue weighted by Gasteiger charge is 2.36. The van der Waals surface area contributed by atoms with Gasteiger partial charge in [-0.05, 0) is 76.4 Å². The number of benzene rings is 3. The smallest absolute Gasteiger partial charge is 0.338 e. The van der Waals surface area contributed by atoms with Crippen molar-refractivity contribution in [1.82, 2.24) is 0 Å². The number of hydrogen-bond donors (Lipinski definition) is 0. The van der Waals surface area contributed by atoms with E-state index >= 15 is 0 Å². The first-order valence-corrected chi connectivity index (χ1v) is 12.5. The normalized spacial score (nSPS) is 16.5.